The highest BCUT2D eigenvalue weighted by atomic mass is 16.2. The Kier molecular flexibility index (Phi) is 4.25. The van der Waals surface area contributed by atoms with Crippen molar-refractivity contribution in [1.82, 2.24) is 14.8 Å². The summed E-state index contributed by atoms with van der Waals surface area (Å²) in [6, 6.07) is 24.3. The van der Waals surface area contributed by atoms with Gasteiger partial charge in [0.05, 0.1) is 6.04 Å². The first-order valence-corrected chi connectivity index (χ1v) is 8.61. The molecule has 2 heterocycles. The molecule has 4 heteroatoms. The van der Waals surface area contributed by atoms with Crippen molar-refractivity contribution < 1.29 is 4.79 Å². The van der Waals surface area contributed by atoms with Crippen molar-refractivity contribution in [3.8, 4) is 0 Å². The van der Waals surface area contributed by atoms with Gasteiger partial charge >= 0.3 is 6.03 Å². The zero-order valence-electron chi connectivity index (χ0n) is 14.0. The quantitative estimate of drug-likeness (QED) is 0.779. The molecule has 0 saturated heterocycles. The van der Waals surface area contributed by atoms with Gasteiger partial charge in [-0.2, -0.15) is 0 Å². The summed E-state index contributed by atoms with van der Waals surface area (Å²) in [5, 5.41) is 3.07. The lowest BCUT2D eigenvalue weighted by Crippen LogP contribution is -2.47. The topological polar surface area (TPSA) is 37.3 Å². The largest absolute Gasteiger partial charge is 0.348 e. The number of fused-ring (bicyclic) bond motifs is 1. The average Bonchev–Trinajstić information content (AvgIpc) is 3.15. The van der Waals surface area contributed by atoms with Gasteiger partial charge in [-0.3, -0.25) is 0 Å². The molecule has 4 nitrogen and oxygen atoms in total. The summed E-state index contributed by atoms with van der Waals surface area (Å²) in [5.41, 5.74) is 3.40. The smallest absolute Gasteiger partial charge is 0.318 e. The number of urea groups is 1. The normalized spacial score (nSPS) is 16.3. The molecule has 0 aliphatic carbocycles. The summed E-state index contributed by atoms with van der Waals surface area (Å²) in [6.45, 7) is 2.06. The highest BCUT2D eigenvalue weighted by Crippen LogP contribution is 2.32. The van der Waals surface area contributed by atoms with Crippen LogP contribution in [-0.2, 0) is 13.1 Å². The van der Waals surface area contributed by atoms with Gasteiger partial charge in [-0.15, -0.1) is 0 Å². The maximum atomic E-state index is 12.9. The Labute approximate surface area is 147 Å². The summed E-state index contributed by atoms with van der Waals surface area (Å²) in [5.74, 6) is 0. The zero-order chi connectivity index (χ0) is 17.1. The van der Waals surface area contributed by atoms with Crippen LogP contribution in [0.4, 0.5) is 4.79 Å². The van der Waals surface area contributed by atoms with Crippen molar-refractivity contribution in [1.29, 1.82) is 0 Å². The maximum absolute atomic E-state index is 12.9. The Balaban J connectivity index is 1.58. The number of benzene rings is 2. The molecule has 4 rings (SSSR count). The molecule has 2 amide bonds. The molecule has 0 bridgehead atoms. The predicted molar refractivity (Wildman–Crippen MR) is 98.1 cm³/mol. The third-order valence-electron chi connectivity index (χ3n) is 4.70. The van der Waals surface area contributed by atoms with Gasteiger partial charge in [-0.05, 0) is 23.3 Å². The third-order valence-corrected chi connectivity index (χ3v) is 4.70. The van der Waals surface area contributed by atoms with E-state index in [9.17, 15) is 4.79 Å². The number of carbonyl (C=O) groups excluding carboxylic acids is 1. The van der Waals surface area contributed by atoms with Gasteiger partial charge < -0.3 is 14.8 Å². The molecule has 1 aliphatic rings. The summed E-state index contributed by atoms with van der Waals surface area (Å²) in [4.78, 5) is 14.8. The Bertz CT molecular complexity index is 842. The number of carbonyl (C=O) groups is 1. The van der Waals surface area contributed by atoms with Crippen molar-refractivity contribution in [3.05, 3.63) is 95.8 Å². The Morgan fingerprint density at radius 2 is 1.64 bits per heavy atom. The molecule has 25 heavy (non-hydrogen) atoms. The monoisotopic (exact) mass is 331 g/mol. The lowest BCUT2D eigenvalue weighted by molar-refractivity contribution is 0.168. The maximum Gasteiger partial charge on any atom is 0.318 e. The molecule has 0 radical (unpaired) electrons. The molecule has 3 aromatic rings. The van der Waals surface area contributed by atoms with Crippen molar-refractivity contribution in [2.75, 3.05) is 6.54 Å². The molecule has 2 aromatic carbocycles. The van der Waals surface area contributed by atoms with Gasteiger partial charge in [0.2, 0.25) is 0 Å². The van der Waals surface area contributed by atoms with Crippen LogP contribution in [0.15, 0.2) is 79.0 Å². The van der Waals surface area contributed by atoms with Crippen LogP contribution in [0, 0.1) is 0 Å². The molecule has 1 atom stereocenters. The molecule has 1 aromatic heterocycles. The second-order valence-electron chi connectivity index (χ2n) is 6.28. The van der Waals surface area contributed by atoms with Crippen molar-refractivity contribution in [3.63, 3.8) is 0 Å². The predicted octanol–water partition coefficient (Wildman–Crippen LogP) is 3.80. The van der Waals surface area contributed by atoms with Crippen LogP contribution >= 0.6 is 0 Å². The molecule has 1 aliphatic heterocycles. The van der Waals surface area contributed by atoms with Crippen molar-refractivity contribution >= 4 is 6.03 Å². The van der Waals surface area contributed by atoms with Gasteiger partial charge in [-0.1, -0.05) is 60.7 Å². The van der Waals surface area contributed by atoms with E-state index < -0.39 is 0 Å². The zero-order valence-corrected chi connectivity index (χ0v) is 14.0. The minimum absolute atomic E-state index is 0.0230. The number of nitrogens with one attached hydrogen (secondary N) is 1. The molecule has 0 fully saturated rings. The Hall–Kier alpha value is -3.01. The highest BCUT2D eigenvalue weighted by Gasteiger charge is 2.31. The number of aromatic nitrogens is 1. The van der Waals surface area contributed by atoms with Gasteiger partial charge in [0.15, 0.2) is 0 Å². The highest BCUT2D eigenvalue weighted by molar-refractivity contribution is 5.75. The molecule has 0 unspecified atom stereocenters. The van der Waals surface area contributed by atoms with Crippen LogP contribution in [0.3, 0.4) is 0 Å². The molecule has 126 valence electrons. The number of amides is 2. The van der Waals surface area contributed by atoms with Crippen LogP contribution in [0.25, 0.3) is 0 Å². The van der Waals surface area contributed by atoms with E-state index in [2.05, 4.69) is 40.3 Å². The Morgan fingerprint density at radius 1 is 0.920 bits per heavy atom. The van der Waals surface area contributed by atoms with Crippen LogP contribution in [0.2, 0.25) is 0 Å². The van der Waals surface area contributed by atoms with Gasteiger partial charge in [0.25, 0.3) is 0 Å². The molecule has 0 saturated carbocycles. The summed E-state index contributed by atoms with van der Waals surface area (Å²) in [6.07, 6.45) is 2.09. The fourth-order valence-electron chi connectivity index (χ4n) is 3.46. The first kappa shape index (κ1) is 15.5. The number of hydrogen-bond donors (Lipinski definition) is 1. The average molecular weight is 331 g/mol. The van der Waals surface area contributed by atoms with Gasteiger partial charge in [0, 0.05) is 31.5 Å². The van der Waals surface area contributed by atoms with E-state index in [1.54, 1.807) is 0 Å². The SMILES string of the molecule is O=C(NCc1ccccc1)N1CCn2cccc2[C@@H]1c1ccccc1. The summed E-state index contributed by atoms with van der Waals surface area (Å²) in [7, 11) is 0. The van der Waals surface area contributed by atoms with Gasteiger partial charge in [0.1, 0.15) is 0 Å². The van der Waals surface area contributed by atoms with E-state index in [0.717, 1.165) is 23.4 Å². The van der Waals surface area contributed by atoms with Crippen LogP contribution in [-0.4, -0.2) is 22.0 Å². The van der Waals surface area contributed by atoms with E-state index in [1.807, 2.05) is 53.4 Å². The number of hydrogen-bond acceptors (Lipinski definition) is 1. The van der Waals surface area contributed by atoms with Crippen molar-refractivity contribution in [2.45, 2.75) is 19.1 Å². The number of nitrogens with zero attached hydrogens (tertiary/aromatic N) is 2. The van der Waals surface area contributed by atoms with E-state index >= 15 is 0 Å². The van der Waals surface area contributed by atoms with Crippen LogP contribution in [0.5, 0.6) is 0 Å². The number of rotatable bonds is 3. The molecule has 1 N–H and O–H groups in total. The summed E-state index contributed by atoms with van der Waals surface area (Å²) < 4.78 is 2.23. The second-order valence-corrected chi connectivity index (χ2v) is 6.28. The standard InChI is InChI=1S/C21H21N3O/c25-21(22-16-17-8-3-1-4-9-17)24-15-14-23-13-7-12-19(23)20(24)18-10-5-2-6-11-18/h1-13,20H,14-16H2,(H,22,25)/t20-/m0/s1. The first-order valence-electron chi connectivity index (χ1n) is 8.61. The summed E-state index contributed by atoms with van der Waals surface area (Å²) >= 11 is 0. The van der Waals surface area contributed by atoms with Gasteiger partial charge in [-0.25, -0.2) is 4.79 Å². The second kappa shape index (κ2) is 6.85. The lowest BCUT2D eigenvalue weighted by Gasteiger charge is -2.37. The van der Waals surface area contributed by atoms with E-state index in [-0.39, 0.29) is 12.1 Å². The third kappa shape index (κ3) is 3.15. The minimum atomic E-state index is -0.0549. The van der Waals surface area contributed by atoms with Crippen molar-refractivity contribution in [2.24, 2.45) is 0 Å². The molecular formula is C21H21N3O. The van der Waals surface area contributed by atoms with Crippen LogP contribution < -0.4 is 5.32 Å². The van der Waals surface area contributed by atoms with Crippen LogP contribution in [0.1, 0.15) is 22.9 Å². The molecular weight excluding hydrogens is 310 g/mol. The van der Waals surface area contributed by atoms with E-state index in [1.165, 1.54) is 0 Å². The lowest BCUT2D eigenvalue weighted by atomic mass is 10.0. The van der Waals surface area contributed by atoms with E-state index in [4.69, 9.17) is 0 Å². The minimum Gasteiger partial charge on any atom is -0.348 e. The first-order chi connectivity index (χ1) is 12.3. The fourth-order valence-corrected chi connectivity index (χ4v) is 3.46. The molecule has 0 spiro atoms. The van der Waals surface area contributed by atoms with E-state index in [0.29, 0.717) is 13.1 Å². The Morgan fingerprint density at radius 3 is 2.40 bits per heavy atom. The fraction of sp³-hybridized carbons (Fsp3) is 0.190.